The van der Waals surface area contributed by atoms with Gasteiger partial charge in [-0.15, -0.1) is 0 Å². The molecule has 7 rings (SSSR count). The van der Waals surface area contributed by atoms with Gasteiger partial charge in [0.2, 0.25) is 0 Å². The van der Waals surface area contributed by atoms with E-state index in [-0.39, 0.29) is 23.3 Å². The standard InChI is InChI=1S/C32H20N2O/c1-3-9-21(10-4-1)27-20-28(34-32(33-27)23-11-5-2-6-12-23)24-17-18-29-26(19-24)25-15-7-13-22-14-8-16-30(35-29)31(22)25/h1-20H/i1D,3D,4D,9D,10D. The minimum Gasteiger partial charge on any atom is -0.456 e. The molecule has 0 N–H and O–H groups in total. The van der Waals surface area contributed by atoms with Crippen molar-refractivity contribution >= 4 is 10.8 Å². The third-order valence-corrected chi connectivity index (χ3v) is 6.17. The molecule has 164 valence electrons. The lowest BCUT2D eigenvalue weighted by molar-refractivity contribution is 0.487. The SMILES string of the molecule is [2H]c1c([2H])c([2H])c(-c2cc(-c3ccc4c(c3)-c3cccc5cccc(c35)O4)nc(-c3ccccc3)n2)c([2H])c1[2H]. The van der Waals surface area contributed by atoms with Crippen LogP contribution in [0.2, 0.25) is 0 Å². The maximum absolute atomic E-state index is 8.53. The van der Waals surface area contributed by atoms with Crippen molar-refractivity contribution in [3.05, 3.63) is 121 Å². The van der Waals surface area contributed by atoms with Crippen LogP contribution in [-0.2, 0) is 0 Å². The smallest absolute Gasteiger partial charge is 0.160 e. The van der Waals surface area contributed by atoms with Crippen LogP contribution in [0.5, 0.6) is 11.5 Å². The first-order chi connectivity index (χ1) is 19.4. The molecule has 6 aromatic rings. The molecule has 2 heterocycles. The van der Waals surface area contributed by atoms with Crippen molar-refractivity contribution in [2.24, 2.45) is 0 Å². The fourth-order valence-electron chi connectivity index (χ4n) is 4.54. The summed E-state index contributed by atoms with van der Waals surface area (Å²) in [5, 5.41) is 2.13. The van der Waals surface area contributed by atoms with Gasteiger partial charge in [-0.2, -0.15) is 0 Å². The van der Waals surface area contributed by atoms with Gasteiger partial charge in [0.15, 0.2) is 5.82 Å². The molecule has 1 aliphatic heterocycles. The van der Waals surface area contributed by atoms with E-state index in [0.29, 0.717) is 11.5 Å². The van der Waals surface area contributed by atoms with E-state index in [1.54, 1.807) is 6.07 Å². The largest absolute Gasteiger partial charge is 0.456 e. The number of hydrogen-bond acceptors (Lipinski definition) is 3. The molecular formula is C32H20N2O. The highest BCUT2D eigenvalue weighted by Crippen LogP contribution is 2.47. The molecule has 1 aliphatic rings. The van der Waals surface area contributed by atoms with E-state index in [1.807, 2.05) is 66.7 Å². The average Bonchev–Trinajstić information content (AvgIpc) is 2.99. The van der Waals surface area contributed by atoms with Gasteiger partial charge in [-0.25, -0.2) is 9.97 Å². The molecule has 0 unspecified atom stereocenters. The Balaban J connectivity index is 1.47. The summed E-state index contributed by atoms with van der Waals surface area (Å²) in [5.74, 6) is 1.93. The first-order valence-corrected chi connectivity index (χ1v) is 11.3. The van der Waals surface area contributed by atoms with Crippen molar-refractivity contribution < 1.29 is 11.6 Å². The van der Waals surface area contributed by atoms with Crippen LogP contribution >= 0.6 is 0 Å². The summed E-state index contributed by atoms with van der Waals surface area (Å²) in [6, 6.07) is 27.2. The lowest BCUT2D eigenvalue weighted by atomic mass is 9.93. The highest BCUT2D eigenvalue weighted by atomic mass is 16.5. The fourth-order valence-corrected chi connectivity index (χ4v) is 4.54. The van der Waals surface area contributed by atoms with Gasteiger partial charge in [-0.05, 0) is 41.3 Å². The molecule has 0 amide bonds. The van der Waals surface area contributed by atoms with E-state index in [9.17, 15) is 0 Å². The Labute approximate surface area is 210 Å². The van der Waals surface area contributed by atoms with Crippen LogP contribution in [0.15, 0.2) is 121 Å². The van der Waals surface area contributed by atoms with Crippen molar-refractivity contribution in [1.82, 2.24) is 9.97 Å². The van der Waals surface area contributed by atoms with Crippen molar-refractivity contribution in [2.75, 3.05) is 0 Å². The Morgan fingerprint density at radius 2 is 1.34 bits per heavy atom. The van der Waals surface area contributed by atoms with Gasteiger partial charge >= 0.3 is 0 Å². The van der Waals surface area contributed by atoms with E-state index < -0.39 is 18.1 Å². The predicted molar refractivity (Wildman–Crippen MR) is 141 cm³/mol. The molecule has 3 heteroatoms. The predicted octanol–water partition coefficient (Wildman–Crippen LogP) is 8.40. The molecule has 0 saturated heterocycles. The first kappa shape index (κ1) is 15.2. The Hall–Kier alpha value is -4.76. The van der Waals surface area contributed by atoms with Crippen LogP contribution in [0.4, 0.5) is 0 Å². The van der Waals surface area contributed by atoms with Crippen LogP contribution in [0, 0.1) is 0 Å². The van der Waals surface area contributed by atoms with E-state index in [1.165, 1.54) is 0 Å². The van der Waals surface area contributed by atoms with Gasteiger partial charge in [0.25, 0.3) is 0 Å². The average molecular weight is 454 g/mol. The monoisotopic (exact) mass is 453 g/mol. The molecule has 0 bridgehead atoms. The number of aromatic nitrogens is 2. The summed E-state index contributed by atoms with van der Waals surface area (Å²) in [6.45, 7) is 0. The van der Waals surface area contributed by atoms with Gasteiger partial charge < -0.3 is 4.74 Å². The minimum atomic E-state index is -0.444. The van der Waals surface area contributed by atoms with Crippen LogP contribution in [-0.4, -0.2) is 9.97 Å². The summed E-state index contributed by atoms with van der Waals surface area (Å²) in [6.07, 6.45) is 0. The first-order valence-electron chi connectivity index (χ1n) is 13.8. The van der Waals surface area contributed by atoms with Crippen molar-refractivity contribution in [3.63, 3.8) is 0 Å². The van der Waals surface area contributed by atoms with Crippen molar-refractivity contribution in [3.8, 4) is 56.5 Å². The van der Waals surface area contributed by atoms with E-state index in [0.717, 1.165) is 44.5 Å². The summed E-state index contributed by atoms with van der Waals surface area (Å²) in [7, 11) is 0. The lowest BCUT2D eigenvalue weighted by Crippen LogP contribution is -1.99. The zero-order valence-electron chi connectivity index (χ0n) is 23.5. The van der Waals surface area contributed by atoms with E-state index in [4.69, 9.17) is 16.6 Å². The third kappa shape index (κ3) is 3.37. The van der Waals surface area contributed by atoms with Crippen LogP contribution in [0.25, 0.3) is 55.8 Å². The fraction of sp³-hybridized carbons (Fsp3) is 0. The molecule has 0 radical (unpaired) electrons. The summed E-state index contributed by atoms with van der Waals surface area (Å²) >= 11 is 0. The molecule has 3 nitrogen and oxygen atoms in total. The summed E-state index contributed by atoms with van der Waals surface area (Å²) in [5.41, 5.74) is 4.36. The number of ether oxygens (including phenoxy) is 1. The van der Waals surface area contributed by atoms with Gasteiger partial charge in [0, 0.05) is 27.6 Å². The van der Waals surface area contributed by atoms with Crippen molar-refractivity contribution in [2.45, 2.75) is 0 Å². The van der Waals surface area contributed by atoms with Gasteiger partial charge in [-0.3, -0.25) is 0 Å². The lowest BCUT2D eigenvalue weighted by Gasteiger charge is -2.22. The molecule has 0 spiro atoms. The number of rotatable bonds is 3. The van der Waals surface area contributed by atoms with Crippen molar-refractivity contribution in [1.29, 1.82) is 0 Å². The highest BCUT2D eigenvalue weighted by molar-refractivity contribution is 6.04. The van der Waals surface area contributed by atoms with Crippen LogP contribution in [0.3, 0.4) is 0 Å². The van der Waals surface area contributed by atoms with Gasteiger partial charge in [-0.1, -0.05) is 90.9 Å². The maximum atomic E-state index is 8.53. The zero-order chi connectivity index (χ0) is 27.5. The Morgan fingerprint density at radius 3 is 2.17 bits per heavy atom. The minimum absolute atomic E-state index is 0.0341. The molecule has 0 saturated carbocycles. The normalized spacial score (nSPS) is 13.7. The molecule has 0 aliphatic carbocycles. The molecule has 0 fully saturated rings. The second kappa shape index (κ2) is 7.93. The maximum Gasteiger partial charge on any atom is 0.160 e. The number of fused-ring (bicyclic) bond motifs is 2. The number of nitrogens with zero attached hydrogens (tertiary/aromatic N) is 2. The van der Waals surface area contributed by atoms with Crippen LogP contribution < -0.4 is 4.74 Å². The zero-order valence-corrected chi connectivity index (χ0v) is 18.5. The molecule has 0 atom stereocenters. The molecule has 35 heavy (non-hydrogen) atoms. The summed E-state index contributed by atoms with van der Waals surface area (Å²) in [4.78, 5) is 9.54. The quantitative estimate of drug-likeness (QED) is 0.269. The highest BCUT2D eigenvalue weighted by Gasteiger charge is 2.21. The van der Waals surface area contributed by atoms with Gasteiger partial charge in [0.05, 0.1) is 18.2 Å². The molecule has 1 aromatic heterocycles. The van der Waals surface area contributed by atoms with E-state index >= 15 is 0 Å². The Morgan fingerprint density at radius 1 is 0.571 bits per heavy atom. The Bertz CT molecular complexity index is 1960. The topological polar surface area (TPSA) is 35.0 Å². The Kier molecular flexibility index (Phi) is 3.44. The third-order valence-electron chi connectivity index (χ3n) is 6.17. The second-order valence-electron chi connectivity index (χ2n) is 8.30. The summed E-state index contributed by atoms with van der Waals surface area (Å²) < 4.78 is 47.7. The van der Waals surface area contributed by atoms with Gasteiger partial charge in [0.1, 0.15) is 11.5 Å². The molecule has 5 aromatic carbocycles. The van der Waals surface area contributed by atoms with E-state index in [2.05, 4.69) is 23.2 Å². The number of hydrogen-bond donors (Lipinski definition) is 0. The van der Waals surface area contributed by atoms with Crippen LogP contribution in [0.1, 0.15) is 6.85 Å². The second-order valence-corrected chi connectivity index (χ2v) is 8.30. The molecular weight excluding hydrogens is 428 g/mol. The number of benzene rings is 5.